The first-order valence-corrected chi connectivity index (χ1v) is 5.23. The van der Waals surface area contributed by atoms with Gasteiger partial charge in [-0.2, -0.15) is 0 Å². The standard InChI is InChI=1S/C12H17NO/c1-9-5-6-13-8-11(9)12(2,14)7-10-3-4-10/h5-6,8,10,14H,3-4,7H2,1-2H3. The zero-order valence-electron chi connectivity index (χ0n) is 8.83. The zero-order chi connectivity index (χ0) is 10.2. The number of aromatic nitrogens is 1. The van der Waals surface area contributed by atoms with Crippen molar-refractivity contribution in [2.75, 3.05) is 0 Å². The van der Waals surface area contributed by atoms with E-state index in [1.165, 1.54) is 12.8 Å². The van der Waals surface area contributed by atoms with Gasteiger partial charge in [-0.05, 0) is 37.8 Å². The van der Waals surface area contributed by atoms with E-state index < -0.39 is 5.60 Å². The van der Waals surface area contributed by atoms with Gasteiger partial charge in [0.2, 0.25) is 0 Å². The number of nitrogens with zero attached hydrogens (tertiary/aromatic N) is 1. The first-order valence-electron chi connectivity index (χ1n) is 5.23. The molecule has 0 radical (unpaired) electrons. The van der Waals surface area contributed by atoms with Crippen LogP contribution in [0.2, 0.25) is 0 Å². The summed E-state index contributed by atoms with van der Waals surface area (Å²) in [6.45, 7) is 3.92. The second-order valence-electron chi connectivity index (χ2n) is 4.61. The fourth-order valence-electron chi connectivity index (χ4n) is 2.02. The van der Waals surface area contributed by atoms with Gasteiger partial charge in [0.05, 0.1) is 5.60 Å². The monoisotopic (exact) mass is 191 g/mol. The highest BCUT2D eigenvalue weighted by Gasteiger charge is 2.33. The number of aliphatic hydroxyl groups is 1. The second kappa shape index (κ2) is 3.35. The average molecular weight is 191 g/mol. The van der Waals surface area contributed by atoms with Gasteiger partial charge in [0.15, 0.2) is 0 Å². The molecule has 0 aromatic carbocycles. The summed E-state index contributed by atoms with van der Waals surface area (Å²) < 4.78 is 0. The second-order valence-corrected chi connectivity index (χ2v) is 4.61. The minimum absolute atomic E-state index is 0.695. The highest BCUT2D eigenvalue weighted by atomic mass is 16.3. The van der Waals surface area contributed by atoms with Gasteiger partial charge in [-0.15, -0.1) is 0 Å². The molecule has 1 atom stereocenters. The van der Waals surface area contributed by atoms with Crippen molar-refractivity contribution in [3.63, 3.8) is 0 Å². The van der Waals surface area contributed by atoms with Crippen molar-refractivity contribution in [3.8, 4) is 0 Å². The van der Waals surface area contributed by atoms with Crippen LogP contribution in [-0.4, -0.2) is 10.1 Å². The Morgan fingerprint density at radius 2 is 2.29 bits per heavy atom. The number of hydrogen-bond acceptors (Lipinski definition) is 2. The molecule has 1 unspecified atom stereocenters. The lowest BCUT2D eigenvalue weighted by atomic mass is 9.89. The van der Waals surface area contributed by atoms with Crippen molar-refractivity contribution in [3.05, 3.63) is 29.6 Å². The summed E-state index contributed by atoms with van der Waals surface area (Å²) in [6.07, 6.45) is 6.98. The maximum atomic E-state index is 10.3. The third kappa shape index (κ3) is 1.95. The van der Waals surface area contributed by atoms with Crippen LogP contribution >= 0.6 is 0 Å². The van der Waals surface area contributed by atoms with Gasteiger partial charge in [0.1, 0.15) is 0 Å². The predicted octanol–water partition coefficient (Wildman–Crippen LogP) is 2.40. The first kappa shape index (κ1) is 9.66. The molecule has 1 aromatic rings. The van der Waals surface area contributed by atoms with Crippen LogP contribution in [0.3, 0.4) is 0 Å². The Bertz CT molecular complexity index is 329. The van der Waals surface area contributed by atoms with Crippen molar-refractivity contribution < 1.29 is 5.11 Å². The molecule has 1 aliphatic rings. The molecule has 1 saturated carbocycles. The van der Waals surface area contributed by atoms with Gasteiger partial charge in [0, 0.05) is 18.0 Å². The molecule has 2 heteroatoms. The molecule has 76 valence electrons. The number of aryl methyl sites for hydroxylation is 1. The highest BCUT2D eigenvalue weighted by Crippen LogP contribution is 2.40. The molecular weight excluding hydrogens is 174 g/mol. The van der Waals surface area contributed by atoms with Gasteiger partial charge in [0.25, 0.3) is 0 Å². The van der Waals surface area contributed by atoms with Gasteiger partial charge in [-0.3, -0.25) is 4.98 Å². The molecule has 0 aliphatic heterocycles. The molecule has 0 bridgehead atoms. The molecule has 2 rings (SSSR count). The van der Waals surface area contributed by atoms with Crippen LogP contribution in [0.5, 0.6) is 0 Å². The van der Waals surface area contributed by atoms with Gasteiger partial charge in [-0.1, -0.05) is 12.8 Å². The third-order valence-corrected chi connectivity index (χ3v) is 3.00. The Kier molecular flexibility index (Phi) is 2.31. The smallest absolute Gasteiger partial charge is 0.0888 e. The molecule has 1 fully saturated rings. The van der Waals surface area contributed by atoms with Crippen LogP contribution in [0.1, 0.15) is 37.3 Å². The summed E-state index contributed by atoms with van der Waals surface area (Å²) in [4.78, 5) is 4.08. The first-order chi connectivity index (χ1) is 6.59. The van der Waals surface area contributed by atoms with E-state index >= 15 is 0 Å². The Morgan fingerprint density at radius 1 is 1.57 bits per heavy atom. The van der Waals surface area contributed by atoms with Crippen molar-refractivity contribution in [2.24, 2.45) is 5.92 Å². The largest absolute Gasteiger partial charge is 0.385 e. The molecule has 2 nitrogen and oxygen atoms in total. The van der Waals surface area contributed by atoms with E-state index in [1.54, 1.807) is 12.4 Å². The van der Waals surface area contributed by atoms with Crippen LogP contribution in [0.25, 0.3) is 0 Å². The van der Waals surface area contributed by atoms with Crippen molar-refractivity contribution >= 4 is 0 Å². The van der Waals surface area contributed by atoms with Crippen LogP contribution in [0.4, 0.5) is 0 Å². The Balaban J connectivity index is 2.22. The van der Waals surface area contributed by atoms with E-state index in [4.69, 9.17) is 0 Å². The van der Waals surface area contributed by atoms with E-state index in [9.17, 15) is 5.11 Å². The van der Waals surface area contributed by atoms with Gasteiger partial charge < -0.3 is 5.11 Å². The predicted molar refractivity (Wildman–Crippen MR) is 55.9 cm³/mol. The number of pyridine rings is 1. The Hall–Kier alpha value is -0.890. The van der Waals surface area contributed by atoms with E-state index in [0.717, 1.165) is 23.5 Å². The topological polar surface area (TPSA) is 33.1 Å². The van der Waals surface area contributed by atoms with E-state index in [1.807, 2.05) is 19.9 Å². The normalized spacial score (nSPS) is 20.5. The Labute approximate surface area is 85.0 Å². The van der Waals surface area contributed by atoms with Crippen molar-refractivity contribution in [1.29, 1.82) is 0 Å². The lowest BCUT2D eigenvalue weighted by Gasteiger charge is -2.25. The van der Waals surface area contributed by atoms with Crippen molar-refractivity contribution in [2.45, 2.75) is 38.7 Å². The van der Waals surface area contributed by atoms with Crippen LogP contribution < -0.4 is 0 Å². The van der Waals surface area contributed by atoms with Gasteiger partial charge >= 0.3 is 0 Å². The molecule has 0 spiro atoms. The minimum atomic E-state index is -0.695. The molecule has 1 N–H and O–H groups in total. The van der Waals surface area contributed by atoms with Crippen molar-refractivity contribution in [1.82, 2.24) is 4.98 Å². The summed E-state index contributed by atoms with van der Waals surface area (Å²) in [6, 6.07) is 1.96. The SMILES string of the molecule is Cc1ccncc1C(C)(O)CC1CC1. The quantitative estimate of drug-likeness (QED) is 0.795. The van der Waals surface area contributed by atoms with Crippen LogP contribution in [-0.2, 0) is 5.60 Å². The summed E-state index contributed by atoms with van der Waals surface area (Å²) in [5, 5.41) is 10.3. The molecule has 0 amide bonds. The molecular formula is C12H17NO. The molecule has 0 saturated heterocycles. The Morgan fingerprint density at radius 3 is 2.86 bits per heavy atom. The maximum absolute atomic E-state index is 10.3. The maximum Gasteiger partial charge on any atom is 0.0888 e. The molecule has 1 aliphatic carbocycles. The minimum Gasteiger partial charge on any atom is -0.385 e. The summed E-state index contributed by atoms with van der Waals surface area (Å²) in [7, 11) is 0. The lowest BCUT2D eigenvalue weighted by Crippen LogP contribution is -2.23. The number of rotatable bonds is 3. The van der Waals surface area contributed by atoms with E-state index in [2.05, 4.69) is 4.98 Å². The summed E-state index contributed by atoms with van der Waals surface area (Å²) in [5.74, 6) is 0.726. The fraction of sp³-hybridized carbons (Fsp3) is 0.583. The van der Waals surface area contributed by atoms with Crippen LogP contribution in [0.15, 0.2) is 18.5 Å². The zero-order valence-corrected chi connectivity index (χ0v) is 8.83. The molecule has 14 heavy (non-hydrogen) atoms. The fourth-order valence-corrected chi connectivity index (χ4v) is 2.02. The van der Waals surface area contributed by atoms with E-state index in [0.29, 0.717) is 0 Å². The molecule has 1 heterocycles. The van der Waals surface area contributed by atoms with E-state index in [-0.39, 0.29) is 0 Å². The summed E-state index contributed by atoms with van der Waals surface area (Å²) >= 11 is 0. The van der Waals surface area contributed by atoms with Crippen LogP contribution in [0, 0.1) is 12.8 Å². The van der Waals surface area contributed by atoms with Gasteiger partial charge in [-0.25, -0.2) is 0 Å². The number of hydrogen-bond donors (Lipinski definition) is 1. The molecule has 1 aromatic heterocycles. The average Bonchev–Trinajstić information content (AvgIpc) is 2.88. The third-order valence-electron chi connectivity index (χ3n) is 3.00. The lowest BCUT2D eigenvalue weighted by molar-refractivity contribution is 0.0408. The summed E-state index contributed by atoms with van der Waals surface area (Å²) in [5.41, 5.74) is 1.41. The highest BCUT2D eigenvalue weighted by molar-refractivity contribution is 5.27.